The molecule has 0 aliphatic heterocycles. The first kappa shape index (κ1) is 22.1. The summed E-state index contributed by atoms with van der Waals surface area (Å²) in [5, 5.41) is 3.76. The third kappa shape index (κ3) is 5.13. The van der Waals surface area contributed by atoms with Crippen LogP contribution in [0, 0.1) is 0 Å². The molecule has 1 heterocycles. The molecule has 0 bridgehead atoms. The van der Waals surface area contributed by atoms with Crippen LogP contribution in [0.5, 0.6) is 5.75 Å². The van der Waals surface area contributed by atoms with Crippen molar-refractivity contribution in [1.29, 1.82) is 0 Å². The third-order valence-electron chi connectivity index (χ3n) is 5.02. The zero-order valence-electron chi connectivity index (χ0n) is 17.2. The van der Waals surface area contributed by atoms with Gasteiger partial charge in [0.25, 0.3) is 5.91 Å². The minimum atomic E-state index is -0.197. The predicted octanol–water partition coefficient (Wildman–Crippen LogP) is 5.63. The molecule has 4 aromatic rings. The van der Waals surface area contributed by atoms with Crippen molar-refractivity contribution in [3.63, 3.8) is 0 Å². The van der Waals surface area contributed by atoms with Gasteiger partial charge in [0, 0.05) is 34.1 Å². The van der Waals surface area contributed by atoms with E-state index in [2.05, 4.69) is 17.2 Å². The van der Waals surface area contributed by atoms with E-state index in [1.807, 2.05) is 60.7 Å². The van der Waals surface area contributed by atoms with Crippen molar-refractivity contribution in [3.8, 4) is 5.75 Å². The first-order chi connectivity index (χ1) is 14.6. The van der Waals surface area contributed by atoms with Crippen LogP contribution in [0.15, 0.2) is 79.0 Å². The zero-order valence-corrected chi connectivity index (χ0v) is 18.0. The van der Waals surface area contributed by atoms with Gasteiger partial charge in [-0.15, -0.1) is 12.4 Å². The fourth-order valence-electron chi connectivity index (χ4n) is 3.29. The molecular weight excluding hydrogens is 410 g/mol. The van der Waals surface area contributed by atoms with Crippen LogP contribution in [0.3, 0.4) is 0 Å². The van der Waals surface area contributed by atoms with Gasteiger partial charge >= 0.3 is 0 Å². The second kappa shape index (κ2) is 9.96. The van der Waals surface area contributed by atoms with Crippen LogP contribution in [0.25, 0.3) is 10.9 Å². The number of pyridine rings is 1. The SMILES string of the molecule is CCc1ccc(OCc2ccccc2C(=O)Nc2ccc3nccc(N)c3c2)cc1.Cl. The molecule has 31 heavy (non-hydrogen) atoms. The van der Waals surface area contributed by atoms with E-state index in [1.165, 1.54) is 5.56 Å². The molecule has 0 saturated carbocycles. The summed E-state index contributed by atoms with van der Waals surface area (Å²) in [6.07, 6.45) is 2.65. The van der Waals surface area contributed by atoms with Crippen molar-refractivity contribution in [2.24, 2.45) is 0 Å². The van der Waals surface area contributed by atoms with Crippen molar-refractivity contribution in [1.82, 2.24) is 4.98 Å². The lowest BCUT2D eigenvalue weighted by molar-refractivity contribution is 0.102. The van der Waals surface area contributed by atoms with Gasteiger partial charge in [0.15, 0.2) is 0 Å². The summed E-state index contributed by atoms with van der Waals surface area (Å²) in [5.74, 6) is 0.581. The first-order valence-electron chi connectivity index (χ1n) is 9.89. The molecule has 3 aromatic carbocycles. The standard InChI is InChI=1S/C25H23N3O2.ClH/c1-2-17-7-10-20(11-8-17)30-16-18-5-3-4-6-21(18)25(29)28-19-9-12-24-22(15-19)23(26)13-14-27-24;/h3-15H,2,16H2,1H3,(H2,26,27)(H,28,29);1H. The Morgan fingerprint density at radius 1 is 1.03 bits per heavy atom. The van der Waals surface area contributed by atoms with Gasteiger partial charge in [-0.25, -0.2) is 0 Å². The smallest absolute Gasteiger partial charge is 0.256 e. The van der Waals surface area contributed by atoms with Crippen LogP contribution in [0.2, 0.25) is 0 Å². The average Bonchev–Trinajstić information content (AvgIpc) is 2.79. The molecule has 0 unspecified atom stereocenters. The Hall–Kier alpha value is -3.57. The van der Waals surface area contributed by atoms with Crippen molar-refractivity contribution in [2.75, 3.05) is 11.1 Å². The Morgan fingerprint density at radius 2 is 1.81 bits per heavy atom. The van der Waals surface area contributed by atoms with Crippen LogP contribution in [0.4, 0.5) is 11.4 Å². The maximum Gasteiger partial charge on any atom is 0.256 e. The summed E-state index contributed by atoms with van der Waals surface area (Å²) < 4.78 is 5.90. The molecular formula is C25H24ClN3O2. The van der Waals surface area contributed by atoms with Crippen molar-refractivity contribution in [3.05, 3.63) is 95.7 Å². The number of anilines is 2. The van der Waals surface area contributed by atoms with Crippen LogP contribution in [-0.4, -0.2) is 10.9 Å². The number of hydrogen-bond donors (Lipinski definition) is 2. The number of nitrogens with two attached hydrogens (primary N) is 1. The lowest BCUT2D eigenvalue weighted by atomic mass is 10.1. The van der Waals surface area contributed by atoms with Crippen molar-refractivity contribution < 1.29 is 9.53 Å². The molecule has 0 aliphatic rings. The topological polar surface area (TPSA) is 77.2 Å². The Kier molecular flexibility index (Phi) is 7.11. The Labute approximate surface area is 187 Å². The summed E-state index contributed by atoms with van der Waals surface area (Å²) in [7, 11) is 0. The quantitative estimate of drug-likeness (QED) is 0.413. The van der Waals surface area contributed by atoms with E-state index >= 15 is 0 Å². The highest BCUT2D eigenvalue weighted by molar-refractivity contribution is 6.06. The van der Waals surface area contributed by atoms with Crippen LogP contribution in [-0.2, 0) is 13.0 Å². The summed E-state index contributed by atoms with van der Waals surface area (Å²) >= 11 is 0. The fraction of sp³-hybridized carbons (Fsp3) is 0.120. The van der Waals surface area contributed by atoms with Gasteiger partial charge in [0.1, 0.15) is 12.4 Å². The molecule has 0 radical (unpaired) electrons. The summed E-state index contributed by atoms with van der Waals surface area (Å²) in [6, 6.07) is 22.7. The van der Waals surface area contributed by atoms with Gasteiger partial charge < -0.3 is 15.8 Å². The second-order valence-electron chi connectivity index (χ2n) is 7.03. The van der Waals surface area contributed by atoms with Gasteiger partial charge in [-0.3, -0.25) is 9.78 Å². The minimum Gasteiger partial charge on any atom is -0.489 e. The number of rotatable bonds is 6. The number of aromatic nitrogens is 1. The average molecular weight is 434 g/mol. The molecule has 0 saturated heterocycles. The number of nitrogen functional groups attached to an aromatic ring is 1. The number of hydrogen-bond acceptors (Lipinski definition) is 4. The van der Waals surface area contributed by atoms with Crippen molar-refractivity contribution in [2.45, 2.75) is 20.0 Å². The number of carbonyl (C=O) groups is 1. The molecule has 6 heteroatoms. The van der Waals surface area contributed by atoms with E-state index in [1.54, 1.807) is 18.3 Å². The third-order valence-corrected chi connectivity index (χ3v) is 5.02. The number of nitrogens with one attached hydrogen (secondary N) is 1. The Balaban J connectivity index is 0.00000272. The molecule has 3 N–H and O–H groups in total. The molecule has 158 valence electrons. The van der Waals surface area contributed by atoms with Crippen molar-refractivity contribution >= 4 is 40.6 Å². The highest BCUT2D eigenvalue weighted by Gasteiger charge is 2.12. The maximum absolute atomic E-state index is 12.9. The number of ether oxygens (including phenoxy) is 1. The molecule has 5 nitrogen and oxygen atoms in total. The van der Waals surface area contributed by atoms with E-state index in [0.29, 0.717) is 23.5 Å². The molecule has 1 amide bonds. The number of nitrogens with zero attached hydrogens (tertiary/aromatic N) is 1. The van der Waals surface area contributed by atoms with Gasteiger partial charge in [-0.05, 0) is 54.4 Å². The number of amides is 1. The lowest BCUT2D eigenvalue weighted by Crippen LogP contribution is -2.15. The Morgan fingerprint density at radius 3 is 2.58 bits per heavy atom. The maximum atomic E-state index is 12.9. The molecule has 0 spiro atoms. The number of benzene rings is 3. The largest absolute Gasteiger partial charge is 0.489 e. The van der Waals surface area contributed by atoms with Crippen LogP contribution < -0.4 is 15.8 Å². The van der Waals surface area contributed by atoms with E-state index < -0.39 is 0 Å². The number of halogens is 1. The van der Waals surface area contributed by atoms with E-state index in [9.17, 15) is 4.79 Å². The molecule has 4 rings (SSSR count). The Bertz CT molecular complexity index is 1190. The van der Waals surface area contributed by atoms with E-state index in [4.69, 9.17) is 10.5 Å². The van der Waals surface area contributed by atoms with Gasteiger partial charge in [-0.2, -0.15) is 0 Å². The van der Waals surface area contributed by atoms with Crippen LogP contribution >= 0.6 is 12.4 Å². The van der Waals surface area contributed by atoms with Gasteiger partial charge in [0.2, 0.25) is 0 Å². The number of fused-ring (bicyclic) bond motifs is 1. The fourth-order valence-corrected chi connectivity index (χ4v) is 3.29. The minimum absolute atomic E-state index is 0. The monoisotopic (exact) mass is 433 g/mol. The zero-order chi connectivity index (χ0) is 20.9. The first-order valence-corrected chi connectivity index (χ1v) is 9.89. The van der Waals surface area contributed by atoms with E-state index in [-0.39, 0.29) is 18.3 Å². The highest BCUT2D eigenvalue weighted by atomic mass is 35.5. The predicted molar refractivity (Wildman–Crippen MR) is 128 cm³/mol. The summed E-state index contributed by atoms with van der Waals surface area (Å²) in [6.45, 7) is 2.43. The summed E-state index contributed by atoms with van der Waals surface area (Å²) in [4.78, 5) is 17.2. The number of aryl methyl sites for hydroxylation is 1. The lowest BCUT2D eigenvalue weighted by Gasteiger charge is -2.12. The molecule has 1 aromatic heterocycles. The highest BCUT2D eigenvalue weighted by Crippen LogP contribution is 2.23. The second-order valence-corrected chi connectivity index (χ2v) is 7.03. The van der Waals surface area contributed by atoms with Gasteiger partial charge in [0.05, 0.1) is 5.52 Å². The normalized spacial score (nSPS) is 10.4. The van der Waals surface area contributed by atoms with E-state index in [0.717, 1.165) is 28.6 Å². The molecule has 0 aliphatic carbocycles. The number of carbonyl (C=O) groups excluding carboxylic acids is 1. The van der Waals surface area contributed by atoms with Gasteiger partial charge in [-0.1, -0.05) is 37.3 Å². The molecule has 0 fully saturated rings. The van der Waals surface area contributed by atoms with Crippen LogP contribution in [0.1, 0.15) is 28.4 Å². The summed E-state index contributed by atoms with van der Waals surface area (Å²) in [5.41, 5.74) is 10.8. The molecule has 0 atom stereocenters.